The molecule has 130 valence electrons. The van der Waals surface area contributed by atoms with Gasteiger partial charge in [0.05, 0.1) is 19.9 Å². The second-order valence-electron chi connectivity index (χ2n) is 5.01. The fourth-order valence-electron chi connectivity index (χ4n) is 2.12. The third kappa shape index (κ3) is 4.74. The number of methoxy groups -OCH3 is 2. The number of amides is 2. The maximum atomic E-state index is 11.9. The van der Waals surface area contributed by atoms with Crippen molar-refractivity contribution in [3.63, 3.8) is 0 Å². The molecule has 2 amide bonds. The van der Waals surface area contributed by atoms with Gasteiger partial charge in [-0.1, -0.05) is 24.3 Å². The quantitative estimate of drug-likeness (QED) is 0.797. The fraction of sp³-hybridized carbons (Fsp3) is 0.222. The predicted octanol–water partition coefficient (Wildman–Crippen LogP) is 2.49. The largest absolute Gasteiger partial charge is 0.497 e. The summed E-state index contributed by atoms with van der Waals surface area (Å²) in [4.78, 5) is 23.8. The Morgan fingerprint density at radius 2 is 1.67 bits per heavy atom. The highest BCUT2D eigenvalue weighted by Crippen LogP contribution is 2.22. The number of para-hydroxylation sites is 2. The van der Waals surface area contributed by atoms with Crippen molar-refractivity contribution in [2.24, 2.45) is 0 Å². The molecule has 0 saturated carbocycles. The molecular weight excluding hydrogens is 308 g/mol. The first-order chi connectivity index (χ1) is 11.6. The van der Waals surface area contributed by atoms with Crippen LogP contribution in [0.25, 0.3) is 0 Å². The fourth-order valence-corrected chi connectivity index (χ4v) is 2.12. The molecule has 0 spiro atoms. The number of hydrogen-bond donors (Lipinski definition) is 2. The number of rotatable bonds is 6. The molecule has 2 rings (SSSR count). The summed E-state index contributed by atoms with van der Waals surface area (Å²) in [5.74, 6) is -0.139. The van der Waals surface area contributed by atoms with E-state index < -0.39 is 11.8 Å². The van der Waals surface area contributed by atoms with Crippen LogP contribution >= 0.6 is 0 Å². The normalized spacial score (nSPS) is 9.92. The van der Waals surface area contributed by atoms with E-state index in [9.17, 15) is 9.59 Å². The smallest absolute Gasteiger partial charge is 0.313 e. The van der Waals surface area contributed by atoms with Crippen LogP contribution in [0, 0.1) is 0 Å². The van der Waals surface area contributed by atoms with Crippen LogP contribution in [-0.2, 0) is 16.0 Å². The van der Waals surface area contributed by atoms with Gasteiger partial charge in [-0.05, 0) is 36.2 Å². The molecule has 2 N–H and O–H groups in total. The summed E-state index contributed by atoms with van der Waals surface area (Å²) < 4.78 is 10.2. The molecular formula is C18H24N2O4. The van der Waals surface area contributed by atoms with Crippen LogP contribution in [0.2, 0.25) is 0 Å². The lowest BCUT2D eigenvalue weighted by Crippen LogP contribution is -2.36. The van der Waals surface area contributed by atoms with Crippen LogP contribution < -0.4 is 20.1 Å². The van der Waals surface area contributed by atoms with Gasteiger partial charge in [-0.2, -0.15) is 0 Å². The zero-order chi connectivity index (χ0) is 17.4. The van der Waals surface area contributed by atoms with Gasteiger partial charge in [0.15, 0.2) is 0 Å². The van der Waals surface area contributed by atoms with Gasteiger partial charge >= 0.3 is 11.8 Å². The Bertz CT molecular complexity index is 709. The number of nitrogens with one attached hydrogen (secondary N) is 2. The van der Waals surface area contributed by atoms with E-state index in [2.05, 4.69) is 10.6 Å². The van der Waals surface area contributed by atoms with Gasteiger partial charge in [0.1, 0.15) is 11.5 Å². The summed E-state index contributed by atoms with van der Waals surface area (Å²) in [6.45, 7) is 0.366. The SMILES string of the molecule is COc1ccc(CCNC(=O)C(=O)Nc2ccccc2OC)cc1.[HH].[HH]. The third-order valence-corrected chi connectivity index (χ3v) is 3.42. The Kier molecular flexibility index (Phi) is 6.19. The summed E-state index contributed by atoms with van der Waals surface area (Å²) in [5, 5.41) is 5.13. The van der Waals surface area contributed by atoms with Crippen molar-refractivity contribution in [1.29, 1.82) is 0 Å². The summed E-state index contributed by atoms with van der Waals surface area (Å²) in [7, 11) is 3.11. The third-order valence-electron chi connectivity index (χ3n) is 3.42. The summed E-state index contributed by atoms with van der Waals surface area (Å²) >= 11 is 0. The number of carbonyl (C=O) groups is 2. The van der Waals surface area contributed by atoms with Gasteiger partial charge in [0.2, 0.25) is 0 Å². The minimum atomic E-state index is -0.728. The number of ether oxygens (including phenoxy) is 2. The minimum Gasteiger partial charge on any atom is -0.497 e. The van der Waals surface area contributed by atoms with E-state index in [4.69, 9.17) is 9.47 Å². The van der Waals surface area contributed by atoms with Crippen molar-refractivity contribution < 1.29 is 21.9 Å². The van der Waals surface area contributed by atoms with Crippen LogP contribution in [0.1, 0.15) is 8.42 Å². The molecule has 0 radical (unpaired) electrons. The minimum absolute atomic E-state index is 0. The van der Waals surface area contributed by atoms with Crippen LogP contribution in [-0.4, -0.2) is 32.6 Å². The maximum absolute atomic E-state index is 11.9. The van der Waals surface area contributed by atoms with Crippen LogP contribution in [0.4, 0.5) is 5.69 Å². The molecule has 0 aliphatic rings. The van der Waals surface area contributed by atoms with E-state index in [1.807, 2.05) is 24.3 Å². The Morgan fingerprint density at radius 1 is 0.958 bits per heavy atom. The van der Waals surface area contributed by atoms with Crippen LogP contribution in [0.3, 0.4) is 0 Å². The molecule has 0 bridgehead atoms. The van der Waals surface area contributed by atoms with Crippen molar-refractivity contribution in [3.05, 3.63) is 54.1 Å². The summed E-state index contributed by atoms with van der Waals surface area (Å²) in [6.07, 6.45) is 0.623. The first-order valence-electron chi connectivity index (χ1n) is 7.49. The summed E-state index contributed by atoms with van der Waals surface area (Å²) in [5.41, 5.74) is 1.50. The Morgan fingerprint density at radius 3 is 2.33 bits per heavy atom. The second kappa shape index (κ2) is 8.57. The van der Waals surface area contributed by atoms with Crippen molar-refractivity contribution in [2.45, 2.75) is 6.42 Å². The Hall–Kier alpha value is -3.02. The van der Waals surface area contributed by atoms with Gasteiger partial charge in [-0.3, -0.25) is 9.59 Å². The average molecular weight is 332 g/mol. The topological polar surface area (TPSA) is 76.7 Å². The number of carbonyl (C=O) groups excluding carboxylic acids is 2. The molecule has 0 atom stereocenters. The highest BCUT2D eigenvalue weighted by molar-refractivity contribution is 6.39. The highest BCUT2D eigenvalue weighted by atomic mass is 16.5. The van der Waals surface area contributed by atoms with E-state index in [0.29, 0.717) is 24.4 Å². The summed E-state index contributed by atoms with van der Waals surface area (Å²) in [6, 6.07) is 14.4. The van der Waals surface area contributed by atoms with Crippen LogP contribution in [0.15, 0.2) is 48.5 Å². The molecule has 24 heavy (non-hydrogen) atoms. The molecule has 0 heterocycles. The van der Waals surface area contributed by atoms with E-state index in [-0.39, 0.29) is 2.85 Å². The Labute approximate surface area is 143 Å². The molecule has 0 aromatic heterocycles. The van der Waals surface area contributed by atoms with E-state index in [1.54, 1.807) is 31.4 Å². The zero-order valence-electron chi connectivity index (χ0n) is 13.7. The molecule has 0 saturated heterocycles. The first-order valence-corrected chi connectivity index (χ1v) is 7.49. The van der Waals surface area contributed by atoms with Crippen molar-refractivity contribution in [3.8, 4) is 11.5 Å². The van der Waals surface area contributed by atoms with Crippen molar-refractivity contribution >= 4 is 17.5 Å². The standard InChI is InChI=1S/C18H20N2O4.2H2/c1-23-14-9-7-13(8-10-14)11-12-19-17(21)18(22)20-15-5-3-4-6-16(15)24-2;;/h3-10H,11-12H2,1-2H3,(H,19,21)(H,20,22);2*1H. The van der Waals surface area contributed by atoms with E-state index >= 15 is 0 Å². The number of anilines is 1. The monoisotopic (exact) mass is 332 g/mol. The van der Waals surface area contributed by atoms with Gasteiger partial charge < -0.3 is 20.1 Å². The van der Waals surface area contributed by atoms with Crippen LogP contribution in [0.5, 0.6) is 11.5 Å². The Balaban J connectivity index is 0.00000312. The van der Waals surface area contributed by atoms with Gasteiger partial charge in [-0.15, -0.1) is 0 Å². The van der Waals surface area contributed by atoms with Gasteiger partial charge in [0.25, 0.3) is 0 Å². The first kappa shape index (κ1) is 17.3. The molecule has 0 fully saturated rings. The van der Waals surface area contributed by atoms with E-state index in [1.165, 1.54) is 7.11 Å². The van der Waals surface area contributed by atoms with Crippen molar-refractivity contribution in [2.75, 3.05) is 26.1 Å². The maximum Gasteiger partial charge on any atom is 0.313 e. The molecule has 0 aliphatic carbocycles. The molecule has 6 nitrogen and oxygen atoms in total. The van der Waals surface area contributed by atoms with E-state index in [0.717, 1.165) is 11.3 Å². The van der Waals surface area contributed by atoms with Gasteiger partial charge in [-0.25, -0.2) is 0 Å². The van der Waals surface area contributed by atoms with Crippen molar-refractivity contribution in [1.82, 2.24) is 5.32 Å². The zero-order valence-corrected chi connectivity index (χ0v) is 13.7. The molecule has 6 heteroatoms. The molecule has 0 unspecified atom stereocenters. The lowest BCUT2D eigenvalue weighted by atomic mass is 10.1. The molecule has 2 aromatic rings. The highest BCUT2D eigenvalue weighted by Gasteiger charge is 2.14. The lowest BCUT2D eigenvalue weighted by molar-refractivity contribution is -0.136. The molecule has 0 aliphatic heterocycles. The lowest BCUT2D eigenvalue weighted by Gasteiger charge is -2.10. The number of hydrogen-bond acceptors (Lipinski definition) is 4. The molecule has 2 aromatic carbocycles. The number of benzene rings is 2. The van der Waals surface area contributed by atoms with Gasteiger partial charge in [0, 0.05) is 9.40 Å². The average Bonchev–Trinajstić information content (AvgIpc) is 2.62. The predicted molar refractivity (Wildman–Crippen MR) is 95.6 cm³/mol. The second-order valence-corrected chi connectivity index (χ2v) is 5.01.